The van der Waals surface area contributed by atoms with Crippen molar-refractivity contribution in [3.8, 4) is 11.3 Å². The van der Waals surface area contributed by atoms with Crippen LogP contribution in [-0.2, 0) is 11.2 Å². The number of aromatic nitrogens is 1. The summed E-state index contributed by atoms with van der Waals surface area (Å²) >= 11 is 0. The number of aliphatic hydroxyl groups excluding tert-OH is 1. The molecule has 1 aliphatic rings. The Morgan fingerprint density at radius 2 is 2.00 bits per heavy atom. The predicted molar refractivity (Wildman–Crippen MR) is 121 cm³/mol. The van der Waals surface area contributed by atoms with E-state index in [2.05, 4.69) is 10.3 Å². The Labute approximate surface area is 187 Å². The van der Waals surface area contributed by atoms with Crippen LogP contribution >= 0.6 is 0 Å². The number of hydrogen-bond donors (Lipinski definition) is 2. The number of piperidine rings is 1. The molecule has 1 unspecified atom stereocenters. The molecule has 7 nitrogen and oxygen atoms in total. The molecule has 2 N–H and O–H groups in total. The van der Waals surface area contributed by atoms with Crippen molar-refractivity contribution in [2.24, 2.45) is 0 Å². The van der Waals surface area contributed by atoms with Crippen LogP contribution in [0.15, 0.2) is 65.2 Å². The second kappa shape index (κ2) is 10.2. The van der Waals surface area contributed by atoms with Crippen LogP contribution in [0.2, 0.25) is 0 Å². The maximum Gasteiger partial charge on any atom is 0.254 e. The lowest BCUT2D eigenvalue weighted by Crippen LogP contribution is -2.42. The molecule has 0 aliphatic carbocycles. The van der Waals surface area contributed by atoms with E-state index in [1.165, 1.54) is 0 Å². The largest absolute Gasteiger partial charge is 0.441 e. The van der Waals surface area contributed by atoms with E-state index in [1.54, 1.807) is 35.4 Å². The van der Waals surface area contributed by atoms with E-state index in [0.29, 0.717) is 55.3 Å². The molecule has 2 heterocycles. The molecule has 3 aromatic rings. The van der Waals surface area contributed by atoms with E-state index in [1.807, 2.05) is 30.3 Å². The topological polar surface area (TPSA) is 95.7 Å². The molecule has 1 fully saturated rings. The molecule has 0 bridgehead atoms. The van der Waals surface area contributed by atoms with Gasteiger partial charge in [-0.1, -0.05) is 36.4 Å². The molecule has 0 radical (unpaired) electrons. The van der Waals surface area contributed by atoms with E-state index in [0.717, 1.165) is 18.4 Å². The minimum Gasteiger partial charge on any atom is -0.441 e. The third-order valence-corrected chi connectivity index (χ3v) is 5.48. The minimum absolute atomic E-state index is 0.127. The minimum atomic E-state index is -0.469. The molecule has 4 rings (SSSR count). The van der Waals surface area contributed by atoms with Gasteiger partial charge in [0.1, 0.15) is 0 Å². The van der Waals surface area contributed by atoms with Crippen molar-refractivity contribution < 1.29 is 19.1 Å². The summed E-state index contributed by atoms with van der Waals surface area (Å²) in [5.74, 6) is 1.07. The lowest BCUT2D eigenvalue weighted by Gasteiger charge is -2.30. The molecule has 166 valence electrons. The van der Waals surface area contributed by atoms with Crippen LogP contribution in [0.5, 0.6) is 0 Å². The molecule has 2 aromatic carbocycles. The third-order valence-electron chi connectivity index (χ3n) is 5.48. The number of nitrogens with zero attached hydrogens (tertiary/aromatic N) is 2. The average Bonchev–Trinajstić information content (AvgIpc) is 3.28. The summed E-state index contributed by atoms with van der Waals surface area (Å²) in [6.45, 7) is 0.988. The molecule has 1 aromatic heterocycles. The van der Waals surface area contributed by atoms with Gasteiger partial charge in [-0.25, -0.2) is 4.98 Å². The maximum atomic E-state index is 12.7. The number of aryl methyl sites for hydroxylation is 1. The first-order chi connectivity index (χ1) is 15.6. The van der Waals surface area contributed by atoms with Crippen LogP contribution < -0.4 is 5.32 Å². The number of likely N-dealkylation sites (tertiary alicyclic amines) is 1. The van der Waals surface area contributed by atoms with Crippen LogP contribution in [0, 0.1) is 0 Å². The molecule has 1 saturated heterocycles. The number of amides is 2. The van der Waals surface area contributed by atoms with E-state index in [4.69, 9.17) is 4.42 Å². The van der Waals surface area contributed by atoms with Crippen molar-refractivity contribution in [1.29, 1.82) is 0 Å². The molecular formula is C25H27N3O4. The molecule has 1 aliphatic heterocycles. The van der Waals surface area contributed by atoms with Crippen molar-refractivity contribution in [1.82, 2.24) is 9.88 Å². The molecule has 32 heavy (non-hydrogen) atoms. The zero-order valence-corrected chi connectivity index (χ0v) is 17.9. The van der Waals surface area contributed by atoms with Gasteiger partial charge in [-0.15, -0.1) is 0 Å². The summed E-state index contributed by atoms with van der Waals surface area (Å²) in [5, 5.41) is 12.7. The SMILES string of the molecule is O=C(CCCc1ncc(-c2ccccc2)o1)Nc1cccc(C(=O)N2CCCC(O)C2)c1. The summed E-state index contributed by atoms with van der Waals surface area (Å²) in [6.07, 6.45) is 4.24. The van der Waals surface area contributed by atoms with Crippen molar-refractivity contribution >= 4 is 17.5 Å². The third kappa shape index (κ3) is 5.62. The fourth-order valence-electron chi connectivity index (χ4n) is 3.84. The van der Waals surface area contributed by atoms with E-state index in [9.17, 15) is 14.7 Å². The smallest absolute Gasteiger partial charge is 0.254 e. The zero-order chi connectivity index (χ0) is 22.3. The highest BCUT2D eigenvalue weighted by molar-refractivity contribution is 5.97. The Bertz CT molecular complexity index is 1060. The number of anilines is 1. The second-order valence-corrected chi connectivity index (χ2v) is 8.01. The van der Waals surface area contributed by atoms with Gasteiger partial charge in [-0.3, -0.25) is 9.59 Å². The van der Waals surface area contributed by atoms with Gasteiger partial charge in [0.2, 0.25) is 5.91 Å². The number of hydrogen-bond acceptors (Lipinski definition) is 5. The Morgan fingerprint density at radius 3 is 2.81 bits per heavy atom. The summed E-state index contributed by atoms with van der Waals surface area (Å²) in [5.41, 5.74) is 2.06. The van der Waals surface area contributed by atoms with E-state index >= 15 is 0 Å². The number of benzene rings is 2. The number of nitrogens with one attached hydrogen (secondary N) is 1. The first kappa shape index (κ1) is 21.8. The quantitative estimate of drug-likeness (QED) is 0.589. The molecular weight excluding hydrogens is 406 g/mol. The average molecular weight is 434 g/mol. The van der Waals surface area contributed by atoms with Crippen molar-refractivity contribution in [3.63, 3.8) is 0 Å². The van der Waals surface area contributed by atoms with Gasteiger partial charge >= 0.3 is 0 Å². The molecule has 0 saturated carbocycles. The number of carbonyl (C=O) groups excluding carboxylic acids is 2. The van der Waals surface area contributed by atoms with Gasteiger partial charge in [0.15, 0.2) is 11.7 Å². The number of oxazole rings is 1. The summed E-state index contributed by atoms with van der Waals surface area (Å²) in [7, 11) is 0. The van der Waals surface area contributed by atoms with Crippen molar-refractivity contribution in [2.45, 2.75) is 38.2 Å². The van der Waals surface area contributed by atoms with Crippen molar-refractivity contribution in [3.05, 3.63) is 72.2 Å². The number of aliphatic hydroxyl groups is 1. The van der Waals surface area contributed by atoms with Crippen LogP contribution in [0.25, 0.3) is 11.3 Å². The van der Waals surface area contributed by atoms with Crippen LogP contribution in [0.3, 0.4) is 0 Å². The number of carbonyl (C=O) groups is 2. The predicted octanol–water partition coefficient (Wildman–Crippen LogP) is 3.90. The monoisotopic (exact) mass is 433 g/mol. The van der Waals surface area contributed by atoms with Crippen LogP contribution in [0.1, 0.15) is 41.9 Å². The fourth-order valence-corrected chi connectivity index (χ4v) is 3.84. The van der Waals surface area contributed by atoms with Gasteiger partial charge < -0.3 is 19.7 Å². The fraction of sp³-hybridized carbons (Fsp3) is 0.320. The van der Waals surface area contributed by atoms with Gasteiger partial charge in [-0.2, -0.15) is 0 Å². The Morgan fingerprint density at radius 1 is 1.16 bits per heavy atom. The zero-order valence-electron chi connectivity index (χ0n) is 17.9. The van der Waals surface area contributed by atoms with Crippen molar-refractivity contribution in [2.75, 3.05) is 18.4 Å². The first-order valence-electron chi connectivity index (χ1n) is 11.0. The summed E-state index contributed by atoms with van der Waals surface area (Å²) in [4.78, 5) is 31.0. The van der Waals surface area contributed by atoms with Gasteiger partial charge in [0, 0.05) is 42.7 Å². The van der Waals surface area contributed by atoms with Gasteiger partial charge in [0.25, 0.3) is 5.91 Å². The Kier molecular flexibility index (Phi) is 6.97. The standard InChI is InChI=1S/C25H27N3O4/c29-21-11-6-14-28(17-21)25(31)19-9-4-10-20(15-19)27-23(30)12-5-13-24-26-16-22(32-24)18-7-2-1-3-8-18/h1-4,7-10,15-16,21,29H,5-6,11-14,17H2,(H,27,30). The second-order valence-electron chi connectivity index (χ2n) is 8.01. The molecule has 2 amide bonds. The lowest BCUT2D eigenvalue weighted by molar-refractivity contribution is -0.116. The van der Waals surface area contributed by atoms with Crippen LogP contribution in [0.4, 0.5) is 5.69 Å². The summed E-state index contributed by atoms with van der Waals surface area (Å²) < 4.78 is 5.77. The van der Waals surface area contributed by atoms with Crippen LogP contribution in [-0.4, -0.2) is 46.0 Å². The van der Waals surface area contributed by atoms with Gasteiger partial charge in [0.05, 0.1) is 12.3 Å². The Hall–Kier alpha value is -3.45. The number of β-amino-alcohol motifs (C(OH)–C–C–N with tert-alkyl or cyclic N) is 1. The Balaban J connectivity index is 1.27. The molecule has 1 atom stereocenters. The number of rotatable bonds is 7. The highest BCUT2D eigenvalue weighted by Crippen LogP contribution is 2.21. The highest BCUT2D eigenvalue weighted by Gasteiger charge is 2.23. The van der Waals surface area contributed by atoms with E-state index in [-0.39, 0.29) is 11.8 Å². The van der Waals surface area contributed by atoms with E-state index < -0.39 is 6.10 Å². The van der Waals surface area contributed by atoms with Gasteiger partial charge in [-0.05, 0) is 37.5 Å². The first-order valence-corrected chi connectivity index (χ1v) is 11.0. The summed E-state index contributed by atoms with van der Waals surface area (Å²) in [6, 6.07) is 16.7. The molecule has 0 spiro atoms. The molecule has 7 heteroatoms. The maximum absolute atomic E-state index is 12.7. The highest BCUT2D eigenvalue weighted by atomic mass is 16.4. The normalized spacial score (nSPS) is 16.0. The lowest BCUT2D eigenvalue weighted by atomic mass is 10.1.